The van der Waals surface area contributed by atoms with E-state index in [0.717, 1.165) is 23.7 Å². The summed E-state index contributed by atoms with van der Waals surface area (Å²) in [6.45, 7) is 14.2. The molecule has 0 rings (SSSR count). The largest absolute Gasteiger partial charge is 0.0654 e. The van der Waals surface area contributed by atoms with E-state index >= 15 is 0 Å². The van der Waals surface area contributed by atoms with Gasteiger partial charge in [0.25, 0.3) is 0 Å². The van der Waals surface area contributed by atoms with Gasteiger partial charge in [0.15, 0.2) is 0 Å². The van der Waals surface area contributed by atoms with Crippen molar-refractivity contribution in [2.45, 2.75) is 92.9 Å². The van der Waals surface area contributed by atoms with Crippen LogP contribution in [-0.4, -0.2) is 0 Å². The molecule has 3 unspecified atom stereocenters. The second kappa shape index (κ2) is 10.9. The summed E-state index contributed by atoms with van der Waals surface area (Å²) in [4.78, 5) is 0. The summed E-state index contributed by atoms with van der Waals surface area (Å²) in [5.41, 5.74) is 0. The molecule has 0 aromatic rings. The van der Waals surface area contributed by atoms with Crippen LogP contribution in [0.4, 0.5) is 0 Å². The third-order valence-electron chi connectivity index (χ3n) is 4.61. The fourth-order valence-corrected chi connectivity index (χ4v) is 3.16. The second-order valence-corrected chi connectivity index (χ2v) is 6.79. The Morgan fingerprint density at radius 3 is 1.83 bits per heavy atom. The summed E-state index contributed by atoms with van der Waals surface area (Å²) in [5.74, 6) is 3.77. The maximum Gasteiger partial charge on any atom is -0.0384 e. The lowest BCUT2D eigenvalue weighted by Gasteiger charge is -2.28. The minimum absolute atomic E-state index is 0.877. The van der Waals surface area contributed by atoms with Gasteiger partial charge >= 0.3 is 0 Å². The summed E-state index contributed by atoms with van der Waals surface area (Å²) >= 11 is 0. The first-order valence-corrected chi connectivity index (χ1v) is 8.54. The third kappa shape index (κ3) is 8.16. The monoisotopic (exact) mass is 254 g/mol. The number of hydrogen-bond donors (Lipinski definition) is 0. The molecule has 0 aromatic heterocycles. The molecule has 0 nitrogen and oxygen atoms in total. The van der Waals surface area contributed by atoms with E-state index in [1.807, 2.05) is 0 Å². The van der Waals surface area contributed by atoms with E-state index in [-0.39, 0.29) is 0 Å². The lowest BCUT2D eigenvalue weighted by atomic mass is 9.77. The molecule has 0 heterocycles. The van der Waals surface area contributed by atoms with Crippen molar-refractivity contribution in [3.8, 4) is 0 Å². The lowest BCUT2D eigenvalue weighted by molar-refractivity contribution is 0.228. The van der Waals surface area contributed by atoms with Crippen LogP contribution in [0.25, 0.3) is 0 Å². The quantitative estimate of drug-likeness (QED) is 0.385. The van der Waals surface area contributed by atoms with Crippen LogP contribution in [-0.2, 0) is 0 Å². The van der Waals surface area contributed by atoms with E-state index in [1.54, 1.807) is 0 Å². The molecule has 0 bridgehead atoms. The Bertz CT molecular complexity index is 171. The van der Waals surface area contributed by atoms with E-state index < -0.39 is 0 Å². The van der Waals surface area contributed by atoms with Crippen molar-refractivity contribution in [2.24, 2.45) is 23.7 Å². The molecule has 0 aliphatic carbocycles. The molecule has 0 radical (unpaired) electrons. The van der Waals surface area contributed by atoms with Crippen LogP contribution in [0.2, 0.25) is 0 Å². The molecule has 18 heavy (non-hydrogen) atoms. The van der Waals surface area contributed by atoms with Gasteiger partial charge in [-0.3, -0.25) is 0 Å². The number of hydrogen-bond acceptors (Lipinski definition) is 0. The van der Waals surface area contributed by atoms with Gasteiger partial charge in [0.05, 0.1) is 0 Å². The molecule has 3 atom stereocenters. The summed E-state index contributed by atoms with van der Waals surface area (Å²) in [5, 5.41) is 0. The Balaban J connectivity index is 4.23. The average molecular weight is 255 g/mol. The molecule has 0 saturated heterocycles. The second-order valence-electron chi connectivity index (χ2n) is 6.79. The Morgan fingerprint density at radius 2 is 1.39 bits per heavy atom. The van der Waals surface area contributed by atoms with E-state index in [1.165, 1.54) is 51.4 Å². The molecule has 0 heteroatoms. The predicted molar refractivity (Wildman–Crippen MR) is 84.9 cm³/mol. The summed E-state index contributed by atoms with van der Waals surface area (Å²) in [7, 11) is 0. The van der Waals surface area contributed by atoms with Crippen LogP contribution in [0.1, 0.15) is 92.9 Å². The molecule has 0 amide bonds. The maximum absolute atomic E-state index is 2.43. The highest BCUT2D eigenvalue weighted by molar-refractivity contribution is 4.72. The van der Waals surface area contributed by atoms with Crippen molar-refractivity contribution in [3.05, 3.63) is 0 Å². The molecule has 0 aromatic carbocycles. The van der Waals surface area contributed by atoms with Gasteiger partial charge in [-0.2, -0.15) is 0 Å². The molecular weight excluding hydrogens is 216 g/mol. The maximum atomic E-state index is 2.43. The zero-order valence-corrected chi connectivity index (χ0v) is 14.0. The van der Waals surface area contributed by atoms with Gasteiger partial charge in [0.2, 0.25) is 0 Å². The van der Waals surface area contributed by atoms with Crippen LogP contribution < -0.4 is 0 Å². The molecule has 0 saturated carbocycles. The van der Waals surface area contributed by atoms with E-state index in [4.69, 9.17) is 0 Å². The normalized spacial score (nSPS) is 16.8. The Kier molecular flexibility index (Phi) is 10.9. The Labute approximate surface area is 117 Å². The van der Waals surface area contributed by atoms with Gasteiger partial charge in [-0.15, -0.1) is 0 Å². The van der Waals surface area contributed by atoms with Gasteiger partial charge in [0, 0.05) is 0 Å². The van der Waals surface area contributed by atoms with Crippen molar-refractivity contribution < 1.29 is 0 Å². The van der Waals surface area contributed by atoms with Crippen LogP contribution in [0, 0.1) is 23.7 Å². The fourth-order valence-electron chi connectivity index (χ4n) is 3.16. The molecule has 0 N–H and O–H groups in total. The first-order chi connectivity index (χ1) is 8.54. The van der Waals surface area contributed by atoms with Crippen molar-refractivity contribution in [1.82, 2.24) is 0 Å². The summed E-state index contributed by atoms with van der Waals surface area (Å²) in [6.07, 6.45) is 11.3. The van der Waals surface area contributed by atoms with Crippen molar-refractivity contribution in [1.29, 1.82) is 0 Å². The average Bonchev–Trinajstić information content (AvgIpc) is 2.33. The SMILES string of the molecule is CCCC(CC(C)CC)C(CC)CCCC(C)C. The molecule has 0 fully saturated rings. The Morgan fingerprint density at radius 1 is 0.722 bits per heavy atom. The third-order valence-corrected chi connectivity index (χ3v) is 4.61. The van der Waals surface area contributed by atoms with Crippen LogP contribution in [0.5, 0.6) is 0 Å². The van der Waals surface area contributed by atoms with Crippen molar-refractivity contribution in [3.63, 3.8) is 0 Å². The van der Waals surface area contributed by atoms with E-state index in [0.29, 0.717) is 0 Å². The summed E-state index contributed by atoms with van der Waals surface area (Å²) < 4.78 is 0. The minimum Gasteiger partial charge on any atom is -0.0654 e. The van der Waals surface area contributed by atoms with Crippen molar-refractivity contribution >= 4 is 0 Å². The predicted octanol–water partition coefficient (Wildman–Crippen LogP) is 6.69. The molecule has 0 spiro atoms. The lowest BCUT2D eigenvalue weighted by Crippen LogP contribution is -2.17. The van der Waals surface area contributed by atoms with Gasteiger partial charge in [-0.25, -0.2) is 0 Å². The molecule has 0 aliphatic heterocycles. The highest BCUT2D eigenvalue weighted by Gasteiger charge is 2.20. The number of rotatable bonds is 11. The van der Waals surface area contributed by atoms with Crippen LogP contribution in [0.15, 0.2) is 0 Å². The summed E-state index contributed by atoms with van der Waals surface area (Å²) in [6, 6.07) is 0. The zero-order chi connectivity index (χ0) is 14.0. The Hall–Kier alpha value is 0. The zero-order valence-electron chi connectivity index (χ0n) is 14.0. The highest BCUT2D eigenvalue weighted by Crippen LogP contribution is 2.32. The van der Waals surface area contributed by atoms with Gasteiger partial charge < -0.3 is 0 Å². The highest BCUT2D eigenvalue weighted by atomic mass is 14.3. The first kappa shape index (κ1) is 18.0. The molecule has 110 valence electrons. The van der Waals surface area contributed by atoms with Crippen LogP contribution >= 0.6 is 0 Å². The smallest absolute Gasteiger partial charge is 0.0384 e. The molecular formula is C18H38. The van der Waals surface area contributed by atoms with Gasteiger partial charge in [-0.1, -0.05) is 86.5 Å². The van der Waals surface area contributed by atoms with Crippen LogP contribution in [0.3, 0.4) is 0 Å². The van der Waals surface area contributed by atoms with Gasteiger partial charge in [-0.05, 0) is 30.1 Å². The van der Waals surface area contributed by atoms with E-state index in [2.05, 4.69) is 41.5 Å². The minimum atomic E-state index is 0.877. The first-order valence-electron chi connectivity index (χ1n) is 8.54. The topological polar surface area (TPSA) is 0 Å². The van der Waals surface area contributed by atoms with E-state index in [9.17, 15) is 0 Å². The fraction of sp³-hybridized carbons (Fsp3) is 1.00. The molecule has 0 aliphatic rings. The van der Waals surface area contributed by atoms with Crippen molar-refractivity contribution in [2.75, 3.05) is 0 Å². The van der Waals surface area contributed by atoms with Gasteiger partial charge in [0.1, 0.15) is 0 Å². The standard InChI is InChI=1S/C18H38/c1-7-11-18(14-16(6)8-2)17(9-3)13-10-12-15(4)5/h15-18H,7-14H2,1-6H3.